The molecule has 0 aromatic heterocycles. The fourth-order valence-corrected chi connectivity index (χ4v) is 2.89. The Morgan fingerprint density at radius 1 is 1.03 bits per heavy atom. The van der Waals surface area contributed by atoms with Crippen LogP contribution >= 0.6 is 24.0 Å². The number of aliphatic hydroxyl groups excluding tert-OH is 1. The van der Waals surface area contributed by atoms with E-state index in [1.165, 1.54) is 0 Å². The van der Waals surface area contributed by atoms with Crippen molar-refractivity contribution in [3.8, 4) is 0 Å². The molecule has 30 heavy (non-hydrogen) atoms. The molecule has 1 amide bonds. The Labute approximate surface area is 196 Å². The van der Waals surface area contributed by atoms with Crippen LogP contribution < -0.4 is 16.0 Å². The number of carbonyl (C=O) groups excluding carboxylic acids is 1. The second-order valence-electron chi connectivity index (χ2n) is 6.90. The smallest absolute Gasteiger partial charge is 0.251 e. The van der Waals surface area contributed by atoms with Crippen LogP contribution in [0.3, 0.4) is 0 Å². The lowest BCUT2D eigenvalue weighted by Gasteiger charge is -2.18. The summed E-state index contributed by atoms with van der Waals surface area (Å²) in [4.78, 5) is 16.3. The van der Waals surface area contributed by atoms with E-state index in [1.54, 1.807) is 7.05 Å². The normalized spacial score (nSPS) is 11.9. The lowest BCUT2D eigenvalue weighted by atomic mass is 10.0. The predicted molar refractivity (Wildman–Crippen MR) is 134 cm³/mol. The molecule has 2 aromatic rings. The second-order valence-corrected chi connectivity index (χ2v) is 6.90. The van der Waals surface area contributed by atoms with E-state index in [2.05, 4.69) is 27.9 Å². The number of carbonyl (C=O) groups is 1. The van der Waals surface area contributed by atoms with Gasteiger partial charge in [-0.1, -0.05) is 55.8 Å². The molecule has 6 nitrogen and oxygen atoms in total. The van der Waals surface area contributed by atoms with Crippen molar-refractivity contribution in [1.29, 1.82) is 0 Å². The van der Waals surface area contributed by atoms with Crippen molar-refractivity contribution < 1.29 is 9.90 Å². The van der Waals surface area contributed by atoms with Crippen LogP contribution in [0.2, 0.25) is 0 Å². The largest absolute Gasteiger partial charge is 0.396 e. The first-order valence-electron chi connectivity index (χ1n) is 10.1. The number of unbranched alkanes of at least 4 members (excludes halogenated alkanes) is 1. The fourth-order valence-electron chi connectivity index (χ4n) is 2.89. The number of nitrogens with one attached hydrogen (secondary N) is 3. The number of aliphatic imine (C=N–C) groups is 1. The van der Waals surface area contributed by atoms with E-state index in [9.17, 15) is 9.90 Å². The standard InChI is InChI=1S/C23H32N4O2.HI/c1-3-4-14-25-22(29)20-12-10-18(11-13-20)15-26-23(24-2)27-16-21(17-28)19-8-6-5-7-9-19;/h5-13,21,28H,3-4,14-17H2,1-2H3,(H,25,29)(H2,24,26,27);1H. The minimum absolute atomic E-state index is 0. The maximum absolute atomic E-state index is 12.1. The van der Waals surface area contributed by atoms with Gasteiger partial charge in [-0.05, 0) is 29.7 Å². The van der Waals surface area contributed by atoms with E-state index in [0.717, 1.165) is 24.0 Å². The second kappa shape index (κ2) is 14.8. The van der Waals surface area contributed by atoms with Crippen LogP contribution in [0.4, 0.5) is 0 Å². The van der Waals surface area contributed by atoms with Gasteiger partial charge in [-0.2, -0.15) is 0 Å². The molecule has 0 saturated carbocycles. The van der Waals surface area contributed by atoms with E-state index >= 15 is 0 Å². The quantitative estimate of drug-likeness (QED) is 0.166. The third-order valence-corrected chi connectivity index (χ3v) is 4.72. The Kier molecular flexibility index (Phi) is 12.8. The van der Waals surface area contributed by atoms with Crippen LogP contribution in [0, 0.1) is 0 Å². The van der Waals surface area contributed by atoms with Gasteiger partial charge in [0.2, 0.25) is 0 Å². The van der Waals surface area contributed by atoms with Gasteiger partial charge in [0.15, 0.2) is 5.96 Å². The maximum Gasteiger partial charge on any atom is 0.251 e. The monoisotopic (exact) mass is 524 g/mol. The molecule has 0 spiro atoms. The van der Waals surface area contributed by atoms with Gasteiger partial charge < -0.3 is 21.1 Å². The molecule has 0 heterocycles. The first-order valence-corrected chi connectivity index (χ1v) is 10.1. The third kappa shape index (κ3) is 8.71. The van der Waals surface area contributed by atoms with Crippen LogP contribution in [-0.2, 0) is 6.54 Å². The molecule has 0 radical (unpaired) electrons. The zero-order valence-electron chi connectivity index (χ0n) is 17.7. The summed E-state index contributed by atoms with van der Waals surface area (Å²) in [6, 6.07) is 17.5. The van der Waals surface area contributed by atoms with Crippen LogP contribution in [-0.4, -0.2) is 43.7 Å². The molecule has 7 heteroatoms. The number of nitrogens with zero attached hydrogens (tertiary/aromatic N) is 1. The summed E-state index contributed by atoms with van der Waals surface area (Å²) in [6.07, 6.45) is 2.05. The molecule has 1 unspecified atom stereocenters. The van der Waals surface area contributed by atoms with Crippen molar-refractivity contribution in [2.75, 3.05) is 26.7 Å². The summed E-state index contributed by atoms with van der Waals surface area (Å²) >= 11 is 0. The van der Waals surface area contributed by atoms with Gasteiger partial charge in [0.25, 0.3) is 5.91 Å². The molecule has 0 bridgehead atoms. The molecule has 0 aliphatic rings. The number of hydrogen-bond donors (Lipinski definition) is 4. The van der Waals surface area contributed by atoms with Gasteiger partial charge in [-0.15, -0.1) is 24.0 Å². The summed E-state index contributed by atoms with van der Waals surface area (Å²) in [5, 5.41) is 19.1. The van der Waals surface area contributed by atoms with Crippen molar-refractivity contribution >= 4 is 35.8 Å². The molecule has 2 aromatic carbocycles. The highest BCUT2D eigenvalue weighted by Crippen LogP contribution is 2.13. The number of hydrogen-bond acceptors (Lipinski definition) is 3. The SMILES string of the molecule is CCCCNC(=O)c1ccc(CNC(=NC)NCC(CO)c2ccccc2)cc1.I. The molecule has 0 aliphatic heterocycles. The van der Waals surface area contributed by atoms with E-state index < -0.39 is 0 Å². The number of amides is 1. The van der Waals surface area contributed by atoms with Crippen molar-refractivity contribution in [1.82, 2.24) is 16.0 Å². The summed E-state index contributed by atoms with van der Waals surface area (Å²) in [5.41, 5.74) is 2.81. The lowest BCUT2D eigenvalue weighted by Crippen LogP contribution is -2.39. The summed E-state index contributed by atoms with van der Waals surface area (Å²) in [6.45, 7) is 4.04. The molecule has 1 atom stereocenters. The Bertz CT molecular complexity index is 767. The summed E-state index contributed by atoms with van der Waals surface area (Å²) < 4.78 is 0. The number of halogens is 1. The van der Waals surface area contributed by atoms with E-state index in [1.807, 2.05) is 54.6 Å². The Balaban J connectivity index is 0.00000450. The minimum Gasteiger partial charge on any atom is -0.396 e. The van der Waals surface area contributed by atoms with Crippen molar-refractivity contribution in [2.24, 2.45) is 4.99 Å². The first-order chi connectivity index (χ1) is 14.2. The van der Waals surface area contributed by atoms with Crippen molar-refractivity contribution in [3.05, 3.63) is 71.3 Å². The molecule has 0 saturated heterocycles. The highest BCUT2D eigenvalue weighted by molar-refractivity contribution is 14.0. The Morgan fingerprint density at radius 3 is 2.33 bits per heavy atom. The van der Waals surface area contributed by atoms with Gasteiger partial charge in [-0.25, -0.2) is 0 Å². The van der Waals surface area contributed by atoms with Gasteiger partial charge in [0.1, 0.15) is 0 Å². The van der Waals surface area contributed by atoms with Crippen molar-refractivity contribution in [3.63, 3.8) is 0 Å². The van der Waals surface area contributed by atoms with Gasteiger partial charge in [-0.3, -0.25) is 9.79 Å². The van der Waals surface area contributed by atoms with Gasteiger partial charge in [0, 0.05) is 38.2 Å². The summed E-state index contributed by atoms with van der Waals surface area (Å²) in [7, 11) is 1.72. The number of guanidine groups is 1. The highest BCUT2D eigenvalue weighted by Gasteiger charge is 2.11. The van der Waals surface area contributed by atoms with Gasteiger partial charge >= 0.3 is 0 Å². The molecular formula is C23H33IN4O2. The van der Waals surface area contributed by atoms with Gasteiger partial charge in [0.05, 0.1) is 6.61 Å². The average molecular weight is 524 g/mol. The first kappa shape index (κ1) is 25.9. The number of aliphatic hydroxyl groups is 1. The van der Waals surface area contributed by atoms with Crippen LogP contribution in [0.5, 0.6) is 0 Å². The third-order valence-electron chi connectivity index (χ3n) is 4.72. The Morgan fingerprint density at radius 2 is 1.73 bits per heavy atom. The summed E-state index contributed by atoms with van der Waals surface area (Å²) in [5.74, 6) is 0.632. The molecule has 0 fully saturated rings. The molecule has 4 N–H and O–H groups in total. The molecule has 2 rings (SSSR count). The van der Waals surface area contributed by atoms with Crippen LogP contribution in [0.1, 0.15) is 47.2 Å². The average Bonchev–Trinajstić information content (AvgIpc) is 2.77. The molecule has 164 valence electrons. The topological polar surface area (TPSA) is 85.8 Å². The maximum atomic E-state index is 12.1. The predicted octanol–water partition coefficient (Wildman–Crippen LogP) is 3.28. The highest BCUT2D eigenvalue weighted by atomic mass is 127. The number of benzene rings is 2. The van der Waals surface area contributed by atoms with E-state index in [0.29, 0.717) is 31.2 Å². The van der Waals surface area contributed by atoms with Crippen LogP contribution in [0.25, 0.3) is 0 Å². The van der Waals surface area contributed by atoms with E-state index in [4.69, 9.17) is 0 Å². The molecule has 0 aliphatic carbocycles. The minimum atomic E-state index is -0.0357. The van der Waals surface area contributed by atoms with Crippen molar-refractivity contribution in [2.45, 2.75) is 32.2 Å². The molecular weight excluding hydrogens is 491 g/mol. The zero-order valence-corrected chi connectivity index (χ0v) is 20.1. The Hall–Kier alpha value is -2.13. The number of rotatable bonds is 10. The fraction of sp³-hybridized carbons (Fsp3) is 0.391. The van der Waals surface area contributed by atoms with Crippen LogP contribution in [0.15, 0.2) is 59.6 Å². The zero-order chi connectivity index (χ0) is 20.9. The van der Waals surface area contributed by atoms with E-state index in [-0.39, 0.29) is 42.4 Å². The lowest BCUT2D eigenvalue weighted by molar-refractivity contribution is 0.0953.